The molecule has 1 N–H and O–H groups in total. The SMILES string of the molecule is CCCn1c2c(c(=O)n(C)c1=O)C(=O)/C(=C/c1c(Cl)cccc1Cl)N2. The van der Waals surface area contributed by atoms with Crippen molar-refractivity contribution < 1.29 is 4.79 Å². The summed E-state index contributed by atoms with van der Waals surface area (Å²) in [6.07, 6.45) is 2.17. The highest BCUT2D eigenvalue weighted by molar-refractivity contribution is 6.37. The van der Waals surface area contributed by atoms with Crippen molar-refractivity contribution in [1.82, 2.24) is 9.13 Å². The molecule has 0 unspecified atom stereocenters. The van der Waals surface area contributed by atoms with Gasteiger partial charge in [0.25, 0.3) is 5.56 Å². The summed E-state index contributed by atoms with van der Waals surface area (Å²) in [6, 6.07) is 5.00. The fourth-order valence-electron chi connectivity index (χ4n) is 2.75. The molecule has 0 amide bonds. The van der Waals surface area contributed by atoms with E-state index in [0.717, 1.165) is 4.57 Å². The van der Waals surface area contributed by atoms with E-state index in [0.29, 0.717) is 28.6 Å². The van der Waals surface area contributed by atoms with Crippen molar-refractivity contribution in [2.24, 2.45) is 7.05 Å². The quantitative estimate of drug-likeness (QED) is 0.832. The van der Waals surface area contributed by atoms with Crippen molar-refractivity contribution in [3.63, 3.8) is 0 Å². The van der Waals surface area contributed by atoms with Gasteiger partial charge >= 0.3 is 5.69 Å². The number of allylic oxidation sites excluding steroid dienone is 1. The molecule has 1 aromatic heterocycles. The zero-order valence-electron chi connectivity index (χ0n) is 13.6. The number of benzene rings is 1. The molecule has 2 heterocycles. The number of anilines is 1. The number of carbonyl (C=O) groups excluding carboxylic acids is 1. The predicted molar refractivity (Wildman–Crippen MR) is 98.6 cm³/mol. The Bertz CT molecular complexity index is 1010. The third-order valence-corrected chi connectivity index (χ3v) is 4.66. The number of fused-ring (bicyclic) bond motifs is 1. The predicted octanol–water partition coefficient (Wildman–Crippen LogP) is 2.91. The molecule has 8 heteroatoms. The highest BCUT2D eigenvalue weighted by Gasteiger charge is 2.32. The van der Waals surface area contributed by atoms with E-state index in [4.69, 9.17) is 23.2 Å². The van der Waals surface area contributed by atoms with E-state index in [1.807, 2.05) is 6.92 Å². The van der Waals surface area contributed by atoms with Crippen LogP contribution in [0.25, 0.3) is 6.08 Å². The number of nitrogens with one attached hydrogen (secondary N) is 1. The first-order valence-electron chi connectivity index (χ1n) is 7.68. The summed E-state index contributed by atoms with van der Waals surface area (Å²) in [5, 5.41) is 3.65. The van der Waals surface area contributed by atoms with E-state index in [1.54, 1.807) is 18.2 Å². The lowest BCUT2D eigenvalue weighted by atomic mass is 10.1. The Morgan fingerprint density at radius 3 is 2.40 bits per heavy atom. The van der Waals surface area contributed by atoms with Crippen LogP contribution in [0.3, 0.4) is 0 Å². The fraction of sp³-hybridized carbons (Fsp3) is 0.235. The summed E-state index contributed by atoms with van der Waals surface area (Å²) in [7, 11) is 1.36. The van der Waals surface area contributed by atoms with E-state index in [2.05, 4.69) is 5.32 Å². The van der Waals surface area contributed by atoms with Crippen molar-refractivity contribution in [3.05, 3.63) is 65.9 Å². The van der Waals surface area contributed by atoms with Crippen LogP contribution in [0.5, 0.6) is 0 Å². The zero-order valence-corrected chi connectivity index (χ0v) is 15.1. The summed E-state index contributed by atoms with van der Waals surface area (Å²) < 4.78 is 2.34. The van der Waals surface area contributed by atoms with Crippen LogP contribution in [0.1, 0.15) is 29.3 Å². The lowest BCUT2D eigenvalue weighted by Crippen LogP contribution is -2.40. The normalized spacial score (nSPS) is 14.7. The molecule has 0 saturated heterocycles. The number of ketones is 1. The largest absolute Gasteiger partial charge is 0.338 e. The van der Waals surface area contributed by atoms with Crippen molar-refractivity contribution in [3.8, 4) is 0 Å². The van der Waals surface area contributed by atoms with Gasteiger partial charge in [0.2, 0.25) is 5.78 Å². The average Bonchev–Trinajstić information content (AvgIpc) is 2.90. The van der Waals surface area contributed by atoms with Gasteiger partial charge in [-0.05, 0) is 24.6 Å². The van der Waals surface area contributed by atoms with Crippen LogP contribution < -0.4 is 16.6 Å². The lowest BCUT2D eigenvalue weighted by molar-refractivity contribution is 0.104. The number of carbonyl (C=O) groups is 1. The van der Waals surface area contributed by atoms with E-state index in [1.165, 1.54) is 17.7 Å². The number of nitrogens with zero attached hydrogens (tertiary/aromatic N) is 2. The molecule has 0 radical (unpaired) electrons. The fourth-order valence-corrected chi connectivity index (χ4v) is 3.25. The molecule has 0 aliphatic carbocycles. The van der Waals surface area contributed by atoms with Gasteiger partial charge in [0.15, 0.2) is 0 Å². The van der Waals surface area contributed by atoms with Crippen molar-refractivity contribution in [2.45, 2.75) is 19.9 Å². The van der Waals surface area contributed by atoms with Crippen LogP contribution in [0.2, 0.25) is 10.0 Å². The Morgan fingerprint density at radius 2 is 1.80 bits per heavy atom. The van der Waals surface area contributed by atoms with Crippen molar-refractivity contribution in [1.29, 1.82) is 0 Å². The third kappa shape index (κ3) is 2.81. The lowest BCUT2D eigenvalue weighted by Gasteiger charge is -2.11. The maximum absolute atomic E-state index is 12.7. The van der Waals surface area contributed by atoms with Crippen LogP contribution in [-0.2, 0) is 13.6 Å². The second kappa shape index (κ2) is 6.54. The van der Waals surface area contributed by atoms with Crippen LogP contribution in [0, 0.1) is 0 Å². The van der Waals surface area contributed by atoms with E-state index < -0.39 is 17.0 Å². The van der Waals surface area contributed by atoms with Gasteiger partial charge in [-0.25, -0.2) is 4.79 Å². The molecule has 0 saturated carbocycles. The van der Waals surface area contributed by atoms with Crippen molar-refractivity contribution >= 4 is 40.9 Å². The molecular weight excluding hydrogens is 365 g/mol. The van der Waals surface area contributed by atoms with Crippen LogP contribution in [0.15, 0.2) is 33.5 Å². The molecule has 0 atom stereocenters. The molecule has 0 fully saturated rings. The van der Waals surface area contributed by atoms with Crippen LogP contribution in [-0.4, -0.2) is 14.9 Å². The van der Waals surface area contributed by atoms with E-state index >= 15 is 0 Å². The summed E-state index contributed by atoms with van der Waals surface area (Å²) >= 11 is 12.3. The number of hydrogen-bond donors (Lipinski definition) is 1. The van der Waals surface area contributed by atoms with Gasteiger partial charge in [-0.1, -0.05) is 36.2 Å². The monoisotopic (exact) mass is 379 g/mol. The smallest absolute Gasteiger partial charge is 0.332 e. The Kier molecular flexibility index (Phi) is 4.58. The molecule has 3 rings (SSSR count). The number of rotatable bonds is 3. The molecule has 2 aromatic rings. The summed E-state index contributed by atoms with van der Waals surface area (Å²) in [5.74, 6) is -0.272. The first-order valence-corrected chi connectivity index (χ1v) is 8.43. The molecule has 130 valence electrons. The summed E-state index contributed by atoms with van der Waals surface area (Å²) in [5.41, 5.74) is -0.528. The standard InChI is InChI=1S/C17H15Cl2N3O3/c1-3-7-22-15-13(16(24)21(2)17(22)25)14(23)12(20-15)8-9-10(18)5-4-6-11(9)19/h4-6,8,20H,3,7H2,1-2H3/b12-8-. The van der Waals surface area contributed by atoms with Gasteiger partial charge in [-0.15, -0.1) is 0 Å². The Hall–Kier alpha value is -2.31. The minimum atomic E-state index is -0.626. The molecule has 1 aromatic carbocycles. The minimum absolute atomic E-state index is 0.0509. The zero-order chi connectivity index (χ0) is 18.3. The van der Waals surface area contributed by atoms with Gasteiger partial charge in [0.05, 0.1) is 5.70 Å². The molecular formula is C17H15Cl2N3O3. The van der Waals surface area contributed by atoms with Gasteiger partial charge in [-0.2, -0.15) is 0 Å². The van der Waals surface area contributed by atoms with E-state index in [9.17, 15) is 14.4 Å². The second-order valence-corrected chi connectivity index (χ2v) is 6.48. The van der Waals surface area contributed by atoms with Gasteiger partial charge in [0, 0.05) is 29.2 Å². The topological polar surface area (TPSA) is 73.1 Å². The van der Waals surface area contributed by atoms with Crippen LogP contribution in [0.4, 0.5) is 5.82 Å². The first kappa shape index (κ1) is 17.5. The van der Waals surface area contributed by atoms with Gasteiger partial charge in [0.1, 0.15) is 11.4 Å². The number of aromatic nitrogens is 2. The molecule has 6 nitrogen and oxygen atoms in total. The summed E-state index contributed by atoms with van der Waals surface area (Å²) in [6.45, 7) is 2.29. The molecule has 0 bridgehead atoms. The van der Waals surface area contributed by atoms with Gasteiger partial charge < -0.3 is 5.32 Å². The maximum atomic E-state index is 12.7. The highest BCUT2D eigenvalue weighted by Crippen LogP contribution is 2.30. The Morgan fingerprint density at radius 1 is 1.16 bits per heavy atom. The Labute approximate surface area is 153 Å². The Balaban J connectivity index is 2.21. The number of halogens is 2. The number of Topliss-reactive ketones (excluding diaryl/α,β-unsaturated/α-hetero) is 1. The molecule has 25 heavy (non-hydrogen) atoms. The third-order valence-electron chi connectivity index (χ3n) is 4.00. The van der Waals surface area contributed by atoms with Crippen LogP contribution >= 0.6 is 23.2 Å². The van der Waals surface area contributed by atoms with E-state index in [-0.39, 0.29) is 17.1 Å². The minimum Gasteiger partial charge on any atom is -0.338 e. The second-order valence-electron chi connectivity index (χ2n) is 5.67. The highest BCUT2D eigenvalue weighted by atomic mass is 35.5. The molecule has 0 spiro atoms. The maximum Gasteiger partial charge on any atom is 0.332 e. The average molecular weight is 380 g/mol. The summed E-state index contributed by atoms with van der Waals surface area (Å²) in [4.78, 5) is 37.4. The van der Waals surface area contributed by atoms with Gasteiger partial charge in [-0.3, -0.25) is 18.7 Å². The molecule has 1 aliphatic heterocycles. The van der Waals surface area contributed by atoms with Crippen molar-refractivity contribution in [2.75, 3.05) is 5.32 Å². The number of hydrogen-bond acceptors (Lipinski definition) is 4. The molecule has 1 aliphatic rings. The first-order chi connectivity index (χ1) is 11.9.